The fraction of sp³-hybridized carbons (Fsp3) is 0. The molecule has 0 spiro atoms. The average molecular weight is 896 g/mol. The second-order valence-electron chi connectivity index (χ2n) is 17.8. The predicted molar refractivity (Wildman–Crippen MR) is 294 cm³/mol. The molecule has 0 fully saturated rings. The predicted octanol–water partition coefficient (Wildman–Crippen LogP) is 18.6. The number of hydrogen-bond donors (Lipinski definition) is 0. The van der Waals surface area contributed by atoms with Gasteiger partial charge in [-0.25, -0.2) is 0 Å². The van der Waals surface area contributed by atoms with Gasteiger partial charge in [-0.1, -0.05) is 152 Å². The first-order valence-corrected chi connectivity index (χ1v) is 23.8. The molecule has 0 N–H and O–H groups in total. The van der Waals surface area contributed by atoms with Gasteiger partial charge in [0.25, 0.3) is 0 Å². The minimum Gasteiger partial charge on any atom is -0.456 e. The van der Waals surface area contributed by atoms with Crippen LogP contribution in [0, 0.1) is 0 Å². The van der Waals surface area contributed by atoms with E-state index in [1.54, 1.807) is 0 Å². The van der Waals surface area contributed by atoms with Gasteiger partial charge in [0.1, 0.15) is 11.2 Å². The molecule has 13 aromatic rings. The van der Waals surface area contributed by atoms with Crippen LogP contribution >= 0.6 is 0 Å². The zero-order chi connectivity index (χ0) is 46.4. The minimum atomic E-state index is 0.899. The lowest BCUT2D eigenvalue weighted by Gasteiger charge is -2.26. The van der Waals surface area contributed by atoms with Crippen LogP contribution < -0.4 is 9.80 Å². The summed E-state index contributed by atoms with van der Waals surface area (Å²) in [6, 6.07) is 97.7. The summed E-state index contributed by atoms with van der Waals surface area (Å²) in [5.41, 5.74) is 18.9. The lowest BCUT2D eigenvalue weighted by molar-refractivity contribution is 0.669. The summed E-state index contributed by atoms with van der Waals surface area (Å²) in [5.74, 6) is 0. The maximum Gasteiger partial charge on any atom is 0.135 e. The van der Waals surface area contributed by atoms with Crippen LogP contribution in [0.15, 0.2) is 277 Å². The number of nitrogens with zero attached hydrogens (tertiary/aromatic N) is 3. The van der Waals surface area contributed by atoms with E-state index in [9.17, 15) is 0 Å². The summed E-state index contributed by atoms with van der Waals surface area (Å²) in [5, 5.41) is 4.74. The summed E-state index contributed by atoms with van der Waals surface area (Å²) >= 11 is 0. The van der Waals surface area contributed by atoms with Gasteiger partial charge in [0, 0.05) is 61.4 Å². The smallest absolute Gasteiger partial charge is 0.135 e. The molecule has 70 heavy (non-hydrogen) atoms. The first kappa shape index (κ1) is 40.9. The number of aromatic nitrogens is 1. The van der Waals surface area contributed by atoms with Crippen LogP contribution in [-0.2, 0) is 0 Å². The van der Waals surface area contributed by atoms with Crippen LogP contribution in [0.1, 0.15) is 0 Å². The Hall–Kier alpha value is -9.38. The van der Waals surface area contributed by atoms with E-state index in [0.29, 0.717) is 0 Å². The zero-order valence-electron chi connectivity index (χ0n) is 38.2. The summed E-state index contributed by atoms with van der Waals surface area (Å²) in [4.78, 5) is 4.64. The Morgan fingerprint density at radius 2 is 0.600 bits per heavy atom. The van der Waals surface area contributed by atoms with E-state index >= 15 is 0 Å². The number of fused-ring (bicyclic) bond motifs is 6. The van der Waals surface area contributed by atoms with Crippen molar-refractivity contribution < 1.29 is 4.42 Å². The first-order valence-electron chi connectivity index (χ1n) is 23.8. The lowest BCUT2D eigenvalue weighted by Crippen LogP contribution is -2.10. The summed E-state index contributed by atoms with van der Waals surface area (Å²) in [6.45, 7) is 0. The molecular weight excluding hydrogens is 851 g/mol. The van der Waals surface area contributed by atoms with Crippen molar-refractivity contribution in [3.63, 3.8) is 0 Å². The van der Waals surface area contributed by atoms with E-state index in [1.165, 1.54) is 27.4 Å². The molecule has 2 aromatic heterocycles. The summed E-state index contributed by atoms with van der Waals surface area (Å²) in [7, 11) is 0. The normalized spacial score (nSPS) is 11.4. The van der Waals surface area contributed by atoms with Crippen LogP contribution in [0.5, 0.6) is 0 Å². The van der Waals surface area contributed by atoms with Gasteiger partial charge in [-0.3, -0.25) is 0 Å². The molecule has 0 amide bonds. The highest BCUT2D eigenvalue weighted by Crippen LogP contribution is 2.41. The van der Waals surface area contributed by atoms with Crippen LogP contribution in [0.2, 0.25) is 0 Å². The standard InChI is InChI=1S/C66H45N3O/c1-4-14-52(15-5-1)67(53-16-6-2-7-17-53)55-34-24-46(25-35-55)47-26-36-56(37-27-47)68(58-40-30-49(31-41-58)51-33-43-66-62(45-51)60-21-11-13-23-65(60)70-66)57-38-28-48(29-39-57)50-32-42-64-61(44-50)59-20-10-12-22-63(59)69(64)54-18-8-3-9-19-54/h1-45H. The molecule has 0 aliphatic heterocycles. The van der Waals surface area contributed by atoms with Crippen LogP contribution in [0.3, 0.4) is 0 Å². The Balaban J connectivity index is 0.851. The summed E-state index contributed by atoms with van der Waals surface area (Å²) in [6.07, 6.45) is 0. The fourth-order valence-electron chi connectivity index (χ4n) is 10.2. The van der Waals surface area contributed by atoms with E-state index < -0.39 is 0 Å². The maximum absolute atomic E-state index is 6.16. The molecule has 0 saturated heterocycles. The molecule has 330 valence electrons. The molecular formula is C66H45N3O. The molecule has 11 aromatic carbocycles. The molecule has 4 heteroatoms. The number of furan rings is 1. The second-order valence-corrected chi connectivity index (χ2v) is 17.8. The topological polar surface area (TPSA) is 24.6 Å². The zero-order valence-corrected chi connectivity index (χ0v) is 38.2. The van der Waals surface area contributed by atoms with E-state index in [1.807, 2.05) is 12.1 Å². The van der Waals surface area contributed by atoms with Crippen molar-refractivity contribution in [2.45, 2.75) is 0 Å². The number of hydrogen-bond acceptors (Lipinski definition) is 3. The largest absolute Gasteiger partial charge is 0.456 e. The quantitative estimate of drug-likeness (QED) is 0.137. The van der Waals surface area contributed by atoms with E-state index in [2.05, 4.69) is 275 Å². The molecule has 0 unspecified atom stereocenters. The van der Waals surface area contributed by atoms with Crippen molar-refractivity contribution in [3.05, 3.63) is 273 Å². The fourth-order valence-corrected chi connectivity index (χ4v) is 10.2. The Morgan fingerprint density at radius 3 is 1.13 bits per heavy atom. The van der Waals surface area contributed by atoms with Gasteiger partial charge < -0.3 is 18.8 Å². The summed E-state index contributed by atoms with van der Waals surface area (Å²) < 4.78 is 8.52. The van der Waals surface area contributed by atoms with Gasteiger partial charge in [-0.05, 0) is 155 Å². The Morgan fingerprint density at radius 1 is 0.243 bits per heavy atom. The third kappa shape index (κ3) is 7.36. The SMILES string of the molecule is c1ccc(N(c2ccccc2)c2ccc(-c3ccc(N(c4ccc(-c5ccc6oc7ccccc7c6c5)cc4)c4ccc(-c5ccc6c(c5)c5ccccc5n6-c5ccccc5)cc4)cc3)cc2)cc1. The molecule has 0 aliphatic rings. The van der Waals surface area contributed by atoms with Crippen molar-refractivity contribution in [2.75, 3.05) is 9.80 Å². The van der Waals surface area contributed by atoms with Gasteiger partial charge in [-0.2, -0.15) is 0 Å². The number of rotatable bonds is 10. The third-order valence-electron chi connectivity index (χ3n) is 13.6. The van der Waals surface area contributed by atoms with Crippen molar-refractivity contribution in [1.29, 1.82) is 0 Å². The Bertz CT molecular complexity index is 3910. The monoisotopic (exact) mass is 895 g/mol. The van der Waals surface area contributed by atoms with Crippen molar-refractivity contribution in [3.8, 4) is 39.1 Å². The molecule has 0 aliphatic carbocycles. The molecule has 0 atom stereocenters. The minimum absolute atomic E-state index is 0.899. The van der Waals surface area contributed by atoms with Crippen molar-refractivity contribution in [1.82, 2.24) is 4.57 Å². The van der Waals surface area contributed by atoms with Gasteiger partial charge in [0.05, 0.1) is 11.0 Å². The van der Waals surface area contributed by atoms with Crippen LogP contribution in [0.4, 0.5) is 34.1 Å². The Kier molecular flexibility index (Phi) is 10.1. The molecule has 0 saturated carbocycles. The lowest BCUT2D eigenvalue weighted by atomic mass is 10.0. The number of para-hydroxylation sites is 5. The van der Waals surface area contributed by atoms with E-state index in [0.717, 1.165) is 89.6 Å². The molecule has 2 heterocycles. The first-order chi connectivity index (χ1) is 34.7. The highest BCUT2D eigenvalue weighted by Gasteiger charge is 2.18. The molecule has 0 bridgehead atoms. The number of anilines is 6. The molecule has 13 rings (SSSR count). The average Bonchev–Trinajstić information content (AvgIpc) is 3.98. The van der Waals surface area contributed by atoms with Crippen LogP contribution in [-0.4, -0.2) is 4.57 Å². The van der Waals surface area contributed by atoms with Crippen LogP contribution in [0.25, 0.3) is 82.8 Å². The van der Waals surface area contributed by atoms with Gasteiger partial charge >= 0.3 is 0 Å². The van der Waals surface area contributed by atoms with E-state index in [4.69, 9.17) is 4.42 Å². The highest BCUT2D eigenvalue weighted by molar-refractivity contribution is 6.10. The second kappa shape index (κ2) is 17.4. The Labute approximate surface area is 406 Å². The highest BCUT2D eigenvalue weighted by atomic mass is 16.3. The van der Waals surface area contributed by atoms with Crippen molar-refractivity contribution in [2.24, 2.45) is 0 Å². The van der Waals surface area contributed by atoms with Crippen molar-refractivity contribution >= 4 is 77.9 Å². The van der Waals surface area contributed by atoms with Gasteiger partial charge in [0.2, 0.25) is 0 Å². The molecule has 0 radical (unpaired) electrons. The number of benzene rings is 11. The van der Waals surface area contributed by atoms with Gasteiger partial charge in [0.15, 0.2) is 0 Å². The van der Waals surface area contributed by atoms with Gasteiger partial charge in [-0.15, -0.1) is 0 Å². The maximum atomic E-state index is 6.16. The molecule has 4 nitrogen and oxygen atoms in total. The van der Waals surface area contributed by atoms with E-state index in [-0.39, 0.29) is 0 Å². The third-order valence-corrected chi connectivity index (χ3v) is 13.6.